The molecular formula is C99H197BF2N2O3. The first-order chi connectivity index (χ1) is 52.8. The number of nitrogens with zero attached hydrogens (tertiary/aromatic N) is 2. The van der Waals surface area contributed by atoms with Gasteiger partial charge in [0.25, 0.3) is 6.43 Å². The molecule has 1 rings (SSSR count). The molecule has 0 radical (unpaired) electrons. The zero-order valence-corrected chi connectivity index (χ0v) is 74.2. The summed E-state index contributed by atoms with van der Waals surface area (Å²) in [5.74, 6) is 0.124. The summed E-state index contributed by atoms with van der Waals surface area (Å²) >= 11 is 0. The molecule has 0 aliphatic heterocycles. The summed E-state index contributed by atoms with van der Waals surface area (Å²) in [4.78, 5) is 5.73. The second-order valence-electron chi connectivity index (χ2n) is 34.2. The Kier molecular flexibility index (Phi) is 97.9. The van der Waals surface area contributed by atoms with Gasteiger partial charge in [0, 0.05) is 5.56 Å². The van der Waals surface area contributed by atoms with Crippen LogP contribution in [0.15, 0.2) is 24.3 Å². The summed E-state index contributed by atoms with van der Waals surface area (Å²) in [7, 11) is -1.93. The Morgan fingerprint density at radius 1 is 0.215 bits per heavy atom. The molecule has 0 bridgehead atoms. The van der Waals surface area contributed by atoms with Crippen LogP contribution in [0, 0.1) is 0 Å². The third-order valence-corrected chi connectivity index (χ3v) is 23.3. The Balaban J connectivity index is 0. The van der Waals surface area contributed by atoms with Crippen LogP contribution in [0.5, 0.6) is 5.75 Å². The van der Waals surface area contributed by atoms with Gasteiger partial charge in [-0.3, -0.25) is 0 Å². The molecule has 0 unspecified atom stereocenters. The van der Waals surface area contributed by atoms with E-state index in [2.05, 4.69) is 56.0 Å². The molecule has 2 N–H and O–H groups in total. The van der Waals surface area contributed by atoms with Crippen LogP contribution in [0.25, 0.3) is 0 Å². The summed E-state index contributed by atoms with van der Waals surface area (Å²) in [6, 6.07) is 4.78. The lowest BCUT2D eigenvalue weighted by Crippen LogP contribution is -2.27. The van der Waals surface area contributed by atoms with Gasteiger partial charge in [0.2, 0.25) is 0 Å². The standard InChI is InChI=1S/2C46H95N.C7H7BF2O3/c2*1-4-7-10-13-16-19-21-23-25-27-29-31-33-36-39-42-45-47(44-41-38-35-18-15-12-9-6-3)46-43-40-37-34-32-30-28-26-24-22-20-17-14-11-8-5-2;9-7(10)5-1-3-6(4-2-5)13-8(11)12/h2*4-46H2,1-3H3;1-4,7,11-12H. The highest BCUT2D eigenvalue weighted by atomic mass is 19.3. The molecule has 0 spiro atoms. The summed E-state index contributed by atoms with van der Waals surface area (Å²) in [6.45, 7) is 22.1. The van der Waals surface area contributed by atoms with Crippen LogP contribution in [-0.2, 0) is 0 Å². The van der Waals surface area contributed by atoms with Gasteiger partial charge in [-0.05, 0) is 102 Å². The molecule has 107 heavy (non-hydrogen) atoms. The quantitative estimate of drug-likeness (QED) is 0.0503. The van der Waals surface area contributed by atoms with Gasteiger partial charge in [-0.2, -0.15) is 0 Å². The van der Waals surface area contributed by atoms with Gasteiger partial charge >= 0.3 is 7.32 Å². The van der Waals surface area contributed by atoms with E-state index in [1.54, 1.807) is 0 Å². The molecule has 1 aromatic rings. The Labute approximate surface area is 673 Å². The van der Waals surface area contributed by atoms with E-state index in [0.29, 0.717) is 0 Å². The average Bonchev–Trinajstić information content (AvgIpc) is 0.903. The minimum absolute atomic E-state index is 0.124. The molecule has 0 fully saturated rings. The van der Waals surface area contributed by atoms with Crippen molar-refractivity contribution < 1.29 is 23.5 Å². The number of unbranched alkanes of at least 4 members (excludes halogenated alkanes) is 74. The first kappa shape index (κ1) is 108. The van der Waals surface area contributed by atoms with Crippen LogP contribution >= 0.6 is 0 Å². The van der Waals surface area contributed by atoms with Crippen LogP contribution in [-0.4, -0.2) is 66.4 Å². The molecule has 0 aliphatic rings. The van der Waals surface area contributed by atoms with E-state index in [4.69, 9.17) is 10.0 Å². The highest BCUT2D eigenvalue weighted by Crippen LogP contribution is 2.24. The van der Waals surface area contributed by atoms with E-state index in [-0.39, 0.29) is 11.3 Å². The third-order valence-electron chi connectivity index (χ3n) is 23.3. The molecular weight excluding hydrogens is 1310 g/mol. The average molecular weight is 1510 g/mol. The van der Waals surface area contributed by atoms with Crippen LogP contribution in [0.3, 0.4) is 0 Å². The molecule has 0 saturated heterocycles. The van der Waals surface area contributed by atoms with Gasteiger partial charge in [-0.25, -0.2) is 8.78 Å². The van der Waals surface area contributed by atoms with Crippen LogP contribution < -0.4 is 4.65 Å². The van der Waals surface area contributed by atoms with E-state index >= 15 is 0 Å². The van der Waals surface area contributed by atoms with E-state index in [1.165, 1.54) is 565 Å². The van der Waals surface area contributed by atoms with Crippen molar-refractivity contribution in [3.63, 3.8) is 0 Å². The highest BCUT2D eigenvalue weighted by molar-refractivity contribution is 6.33. The van der Waals surface area contributed by atoms with Crippen molar-refractivity contribution in [2.75, 3.05) is 39.3 Å². The lowest BCUT2D eigenvalue weighted by Gasteiger charge is -2.22. The van der Waals surface area contributed by atoms with E-state index < -0.39 is 13.7 Å². The molecule has 1 aromatic carbocycles. The van der Waals surface area contributed by atoms with Crippen molar-refractivity contribution in [3.8, 4) is 5.75 Å². The van der Waals surface area contributed by atoms with Gasteiger partial charge in [0.05, 0.1) is 0 Å². The Morgan fingerprint density at radius 2 is 0.336 bits per heavy atom. The maximum Gasteiger partial charge on any atom is 0.707 e. The normalized spacial score (nSPS) is 11.6. The molecule has 0 saturated carbocycles. The van der Waals surface area contributed by atoms with Crippen molar-refractivity contribution in [2.24, 2.45) is 0 Å². The van der Waals surface area contributed by atoms with E-state index in [0.717, 1.165) is 12.1 Å². The third kappa shape index (κ3) is 93.5. The predicted molar refractivity (Wildman–Crippen MR) is 479 cm³/mol. The van der Waals surface area contributed by atoms with Crippen LogP contribution in [0.4, 0.5) is 8.78 Å². The molecule has 8 heteroatoms. The van der Waals surface area contributed by atoms with Gasteiger partial charge in [0.1, 0.15) is 5.75 Å². The first-order valence-corrected chi connectivity index (χ1v) is 49.6. The monoisotopic (exact) mass is 1510 g/mol. The maximum absolute atomic E-state index is 12.0. The first-order valence-electron chi connectivity index (χ1n) is 49.6. The van der Waals surface area contributed by atoms with Crippen molar-refractivity contribution in [1.82, 2.24) is 9.80 Å². The molecule has 638 valence electrons. The minimum atomic E-state index is -2.53. The molecule has 0 amide bonds. The van der Waals surface area contributed by atoms with Crippen molar-refractivity contribution in [1.29, 1.82) is 0 Å². The Bertz CT molecular complexity index is 1530. The summed E-state index contributed by atoms with van der Waals surface area (Å²) in [5.41, 5.74) is -0.139. The minimum Gasteiger partial charge on any atom is -0.512 e. The number of halogens is 2. The summed E-state index contributed by atoms with van der Waals surface area (Å²) in [6.07, 6.45) is 115. The Morgan fingerprint density at radius 3 is 0.449 bits per heavy atom. The van der Waals surface area contributed by atoms with Gasteiger partial charge in [-0.15, -0.1) is 0 Å². The fourth-order valence-electron chi connectivity index (χ4n) is 16.0. The molecule has 0 heterocycles. The second-order valence-corrected chi connectivity index (χ2v) is 34.2. The van der Waals surface area contributed by atoms with Gasteiger partial charge < -0.3 is 24.5 Å². The number of benzene rings is 1. The van der Waals surface area contributed by atoms with E-state index in [1.807, 2.05) is 0 Å². The number of hydrogen-bond donors (Lipinski definition) is 2. The van der Waals surface area contributed by atoms with Crippen molar-refractivity contribution in [3.05, 3.63) is 29.8 Å². The summed E-state index contributed by atoms with van der Waals surface area (Å²) < 4.78 is 28.5. The number of hydrogen-bond acceptors (Lipinski definition) is 5. The maximum atomic E-state index is 12.0. The fourth-order valence-corrected chi connectivity index (χ4v) is 16.0. The van der Waals surface area contributed by atoms with Gasteiger partial charge in [-0.1, -0.05) is 517 Å². The summed E-state index contributed by atoms with van der Waals surface area (Å²) in [5, 5.41) is 16.7. The fraction of sp³-hybridized carbons (Fsp3) is 0.939. The second kappa shape index (κ2) is 97.2. The van der Waals surface area contributed by atoms with E-state index in [9.17, 15) is 8.78 Å². The van der Waals surface area contributed by atoms with Crippen molar-refractivity contribution >= 4 is 7.32 Å². The van der Waals surface area contributed by atoms with Crippen LogP contribution in [0.2, 0.25) is 0 Å². The number of rotatable bonds is 89. The zero-order chi connectivity index (χ0) is 77.8. The largest absolute Gasteiger partial charge is 0.707 e. The number of alkyl halides is 2. The van der Waals surface area contributed by atoms with Crippen LogP contribution in [0.1, 0.15) is 567 Å². The lowest BCUT2D eigenvalue weighted by molar-refractivity contribution is 0.151. The topological polar surface area (TPSA) is 56.2 Å². The Hall–Kier alpha value is -1.22. The molecule has 0 aliphatic carbocycles. The highest BCUT2D eigenvalue weighted by Gasteiger charge is 2.13. The molecule has 5 nitrogen and oxygen atoms in total. The predicted octanol–water partition coefficient (Wildman–Crippen LogP) is 34.9. The molecule has 0 aromatic heterocycles. The van der Waals surface area contributed by atoms with Crippen molar-refractivity contribution in [2.45, 2.75) is 562 Å². The zero-order valence-electron chi connectivity index (χ0n) is 74.2. The molecule has 0 atom stereocenters. The lowest BCUT2D eigenvalue weighted by atomic mass is 10.0. The smallest absolute Gasteiger partial charge is 0.512 e. The SMILES string of the molecule is CCCCCCCCCCCCCCCCCCN(CCCCCCCCCC)CCCCCCCCCCCCCCCCCC.CCCCCCCCCCCCCCCCCCN(CCCCCCCCCC)CCCCCCCCCCCCCCCCCC.OB(O)Oc1ccc(C(F)F)cc1. The van der Waals surface area contributed by atoms with Gasteiger partial charge in [0.15, 0.2) is 0 Å².